The molecule has 0 bridgehead atoms. The highest BCUT2D eigenvalue weighted by molar-refractivity contribution is 5.77. The van der Waals surface area contributed by atoms with Crippen LogP contribution in [0.2, 0.25) is 0 Å². The fourth-order valence-electron chi connectivity index (χ4n) is 3.44. The Bertz CT molecular complexity index is 802. The molecule has 0 amide bonds. The zero-order chi connectivity index (χ0) is 16.4. The van der Waals surface area contributed by atoms with Crippen LogP contribution in [-0.2, 0) is 13.0 Å². The fraction of sp³-hybridized carbons (Fsp3) is 0.444. The monoisotopic (exact) mass is 326 g/mol. The van der Waals surface area contributed by atoms with Crippen LogP contribution >= 0.6 is 0 Å². The molecule has 24 heavy (non-hydrogen) atoms. The van der Waals surface area contributed by atoms with Gasteiger partial charge in [-0.25, -0.2) is 4.68 Å². The van der Waals surface area contributed by atoms with Crippen LogP contribution in [0.4, 0.5) is 0 Å². The summed E-state index contributed by atoms with van der Waals surface area (Å²) < 4.78 is 7.37. The van der Waals surface area contributed by atoms with Crippen molar-refractivity contribution < 1.29 is 9.52 Å². The Morgan fingerprint density at radius 3 is 2.92 bits per heavy atom. The van der Waals surface area contributed by atoms with Gasteiger partial charge >= 0.3 is 0 Å². The van der Waals surface area contributed by atoms with Crippen LogP contribution < -0.4 is 0 Å². The van der Waals surface area contributed by atoms with Crippen molar-refractivity contribution in [3.63, 3.8) is 0 Å². The van der Waals surface area contributed by atoms with Gasteiger partial charge in [-0.05, 0) is 36.6 Å². The summed E-state index contributed by atoms with van der Waals surface area (Å²) in [5.41, 5.74) is 3.14. The number of nitrogens with zero attached hydrogens (tertiary/aromatic N) is 4. The minimum absolute atomic E-state index is 0.123. The van der Waals surface area contributed by atoms with Crippen LogP contribution in [0.3, 0.4) is 0 Å². The largest absolute Gasteiger partial charge is 0.464 e. The van der Waals surface area contributed by atoms with E-state index in [1.54, 1.807) is 6.26 Å². The molecule has 0 aliphatic carbocycles. The van der Waals surface area contributed by atoms with E-state index in [2.05, 4.69) is 33.4 Å². The van der Waals surface area contributed by atoms with Gasteiger partial charge in [-0.1, -0.05) is 11.3 Å². The fourth-order valence-corrected chi connectivity index (χ4v) is 3.44. The number of fused-ring (bicyclic) bond motifs is 1. The van der Waals surface area contributed by atoms with E-state index in [1.165, 1.54) is 10.9 Å². The summed E-state index contributed by atoms with van der Waals surface area (Å²) in [5.74, 6) is 0. The van der Waals surface area contributed by atoms with E-state index in [0.717, 1.165) is 43.8 Å². The lowest BCUT2D eigenvalue weighted by Crippen LogP contribution is -2.34. The second-order valence-electron chi connectivity index (χ2n) is 6.46. The van der Waals surface area contributed by atoms with Gasteiger partial charge in [0.1, 0.15) is 5.58 Å². The molecule has 2 aromatic heterocycles. The van der Waals surface area contributed by atoms with Crippen LogP contribution in [0.1, 0.15) is 30.1 Å². The van der Waals surface area contributed by atoms with Crippen LogP contribution in [0.25, 0.3) is 11.0 Å². The number of aromatic nitrogens is 3. The van der Waals surface area contributed by atoms with E-state index >= 15 is 0 Å². The molecule has 6 nitrogen and oxygen atoms in total. The average Bonchev–Trinajstić information content (AvgIpc) is 3.25. The molecule has 0 saturated carbocycles. The first-order valence-corrected chi connectivity index (χ1v) is 8.52. The van der Waals surface area contributed by atoms with Crippen LogP contribution in [0, 0.1) is 0 Å². The number of hydrogen-bond acceptors (Lipinski definition) is 5. The maximum atomic E-state index is 8.98. The Balaban J connectivity index is 1.35. The molecule has 6 heteroatoms. The predicted molar refractivity (Wildman–Crippen MR) is 90.6 cm³/mol. The van der Waals surface area contributed by atoms with E-state index in [9.17, 15) is 0 Å². The van der Waals surface area contributed by atoms with Gasteiger partial charge in [-0.2, -0.15) is 0 Å². The van der Waals surface area contributed by atoms with Gasteiger partial charge in [-0.3, -0.25) is 4.90 Å². The van der Waals surface area contributed by atoms with Crippen molar-refractivity contribution in [2.24, 2.45) is 0 Å². The molecule has 1 aliphatic rings. The zero-order valence-corrected chi connectivity index (χ0v) is 13.6. The van der Waals surface area contributed by atoms with Crippen LogP contribution in [0.5, 0.6) is 0 Å². The molecule has 3 aromatic rings. The first-order valence-electron chi connectivity index (χ1n) is 8.52. The molecule has 3 heterocycles. The van der Waals surface area contributed by atoms with E-state index in [-0.39, 0.29) is 6.61 Å². The Hall–Kier alpha value is -2.18. The summed E-state index contributed by atoms with van der Waals surface area (Å²) in [6.07, 6.45) is 6.45. The number of hydrogen-bond donors (Lipinski definition) is 1. The predicted octanol–water partition coefficient (Wildman–Crippen LogP) is 2.40. The topological polar surface area (TPSA) is 67.3 Å². The number of rotatable bonds is 5. The number of aliphatic hydroxyl groups is 1. The standard InChI is InChI=1S/C18H22N4O2/c23-9-5-16-13-22(20-19-16)17-3-7-21(8-4-17)12-14-1-2-18-15(11-14)6-10-24-18/h1-2,6,10-11,13,17,23H,3-5,7-9,12H2. The molecule has 1 fully saturated rings. The summed E-state index contributed by atoms with van der Waals surface area (Å²) in [6, 6.07) is 8.84. The molecule has 126 valence electrons. The summed E-state index contributed by atoms with van der Waals surface area (Å²) in [4.78, 5) is 2.49. The highest BCUT2D eigenvalue weighted by atomic mass is 16.3. The van der Waals surface area contributed by atoms with Crippen molar-refractivity contribution in [2.75, 3.05) is 19.7 Å². The van der Waals surface area contributed by atoms with Gasteiger partial charge in [-0.15, -0.1) is 5.10 Å². The molecule has 1 aliphatic heterocycles. The molecule has 0 spiro atoms. The molecular weight excluding hydrogens is 304 g/mol. The van der Waals surface area contributed by atoms with Crippen molar-refractivity contribution in [3.8, 4) is 0 Å². The zero-order valence-electron chi connectivity index (χ0n) is 13.6. The van der Waals surface area contributed by atoms with Gasteiger partial charge in [0.05, 0.1) is 18.0 Å². The third-order valence-electron chi connectivity index (χ3n) is 4.78. The highest BCUT2D eigenvalue weighted by Gasteiger charge is 2.21. The molecular formula is C18H22N4O2. The minimum atomic E-state index is 0.123. The van der Waals surface area contributed by atoms with Crippen molar-refractivity contribution >= 4 is 11.0 Å². The van der Waals surface area contributed by atoms with Gasteiger partial charge < -0.3 is 9.52 Å². The molecule has 0 radical (unpaired) electrons. The normalized spacial score (nSPS) is 16.9. The Morgan fingerprint density at radius 1 is 1.21 bits per heavy atom. The lowest BCUT2D eigenvalue weighted by molar-refractivity contribution is 0.172. The first kappa shape index (κ1) is 15.4. The van der Waals surface area contributed by atoms with Crippen molar-refractivity contribution in [2.45, 2.75) is 31.8 Å². The lowest BCUT2D eigenvalue weighted by atomic mass is 10.0. The maximum absolute atomic E-state index is 8.98. The van der Waals surface area contributed by atoms with Crippen molar-refractivity contribution in [1.82, 2.24) is 19.9 Å². The number of aliphatic hydroxyl groups excluding tert-OH is 1. The Labute approximate surface area is 140 Å². The minimum Gasteiger partial charge on any atom is -0.464 e. The SMILES string of the molecule is OCCc1cn(C2CCN(Cc3ccc4occc4c3)CC2)nn1. The van der Waals surface area contributed by atoms with E-state index in [0.29, 0.717) is 12.5 Å². The number of likely N-dealkylation sites (tertiary alicyclic amines) is 1. The highest BCUT2D eigenvalue weighted by Crippen LogP contribution is 2.24. The smallest absolute Gasteiger partial charge is 0.133 e. The third kappa shape index (κ3) is 3.20. The molecule has 1 N–H and O–H groups in total. The lowest BCUT2D eigenvalue weighted by Gasteiger charge is -2.31. The summed E-state index contributed by atoms with van der Waals surface area (Å²) in [7, 11) is 0. The van der Waals surface area contributed by atoms with Crippen LogP contribution in [-0.4, -0.2) is 44.7 Å². The molecule has 1 aromatic carbocycles. The van der Waals surface area contributed by atoms with Crippen molar-refractivity contribution in [1.29, 1.82) is 0 Å². The molecule has 4 rings (SSSR count). The maximum Gasteiger partial charge on any atom is 0.133 e. The van der Waals surface area contributed by atoms with Crippen LogP contribution in [0.15, 0.2) is 41.1 Å². The van der Waals surface area contributed by atoms with Gasteiger partial charge in [0.25, 0.3) is 0 Å². The second kappa shape index (κ2) is 6.75. The molecule has 1 saturated heterocycles. The first-order chi connectivity index (χ1) is 11.8. The van der Waals surface area contributed by atoms with Gasteiger partial charge in [0.2, 0.25) is 0 Å². The molecule has 0 unspecified atom stereocenters. The summed E-state index contributed by atoms with van der Waals surface area (Å²) in [6.45, 7) is 3.21. The molecule has 0 atom stereocenters. The summed E-state index contributed by atoms with van der Waals surface area (Å²) in [5, 5.41) is 18.5. The Morgan fingerprint density at radius 2 is 2.08 bits per heavy atom. The Kier molecular flexibility index (Phi) is 4.32. The third-order valence-corrected chi connectivity index (χ3v) is 4.78. The summed E-state index contributed by atoms with van der Waals surface area (Å²) >= 11 is 0. The van der Waals surface area contributed by atoms with Crippen molar-refractivity contribution in [3.05, 3.63) is 48.0 Å². The van der Waals surface area contributed by atoms with E-state index < -0.39 is 0 Å². The average molecular weight is 326 g/mol. The second-order valence-corrected chi connectivity index (χ2v) is 6.46. The van der Waals surface area contributed by atoms with Gasteiger partial charge in [0.15, 0.2) is 0 Å². The van der Waals surface area contributed by atoms with E-state index in [1.807, 2.05) is 16.9 Å². The number of piperidine rings is 1. The number of furan rings is 1. The quantitative estimate of drug-likeness (QED) is 0.780. The van der Waals surface area contributed by atoms with Gasteiger partial charge in [0, 0.05) is 44.2 Å². The van der Waals surface area contributed by atoms with E-state index in [4.69, 9.17) is 9.52 Å². The number of benzene rings is 1.